The van der Waals surface area contributed by atoms with Gasteiger partial charge in [-0.05, 0) is 19.4 Å². The van der Waals surface area contributed by atoms with Crippen molar-refractivity contribution >= 4 is 5.95 Å². The minimum absolute atomic E-state index is 0.00700. The molecule has 0 bridgehead atoms. The molecule has 0 unspecified atom stereocenters. The van der Waals surface area contributed by atoms with Crippen LogP contribution < -0.4 is 5.32 Å². The van der Waals surface area contributed by atoms with Gasteiger partial charge in [-0.3, -0.25) is 0 Å². The second-order valence-corrected chi connectivity index (χ2v) is 4.17. The van der Waals surface area contributed by atoms with Crippen LogP contribution in [0.5, 0.6) is 0 Å². The highest BCUT2D eigenvalue weighted by Gasteiger charge is 2.13. The van der Waals surface area contributed by atoms with Gasteiger partial charge in [-0.1, -0.05) is 0 Å². The van der Waals surface area contributed by atoms with Gasteiger partial charge in [0.05, 0.1) is 6.04 Å². The molecule has 2 heterocycles. The van der Waals surface area contributed by atoms with Crippen LogP contribution in [0, 0.1) is 0 Å². The molecular weight excluding hydrogens is 244 g/mol. The van der Waals surface area contributed by atoms with Crippen molar-refractivity contribution in [3.8, 4) is 0 Å². The van der Waals surface area contributed by atoms with Gasteiger partial charge in [0.1, 0.15) is 6.33 Å². The molecule has 0 saturated carbocycles. The molecule has 102 valence electrons. The van der Waals surface area contributed by atoms with Crippen LogP contribution in [0.1, 0.15) is 25.2 Å². The molecule has 7 nitrogen and oxygen atoms in total. The monoisotopic (exact) mass is 262 g/mol. The number of methoxy groups -OCH3 is 1. The summed E-state index contributed by atoms with van der Waals surface area (Å²) in [7, 11) is 1.70. The molecule has 1 atom stereocenters. The molecule has 0 fully saturated rings. The summed E-state index contributed by atoms with van der Waals surface area (Å²) in [4.78, 5) is 8.27. The Morgan fingerprint density at radius 3 is 2.89 bits per heavy atom. The quantitative estimate of drug-likeness (QED) is 0.757. The summed E-state index contributed by atoms with van der Waals surface area (Å²) < 4.78 is 7.06. The molecule has 19 heavy (non-hydrogen) atoms. The average Bonchev–Trinajstić information content (AvgIpc) is 2.89. The van der Waals surface area contributed by atoms with E-state index in [4.69, 9.17) is 4.74 Å². The van der Waals surface area contributed by atoms with E-state index in [0.717, 1.165) is 25.4 Å². The summed E-state index contributed by atoms with van der Waals surface area (Å²) in [6.07, 6.45) is 6.06. The van der Waals surface area contributed by atoms with Crippen molar-refractivity contribution in [2.75, 3.05) is 19.0 Å². The maximum Gasteiger partial charge on any atom is 0.223 e. The zero-order valence-electron chi connectivity index (χ0n) is 11.2. The Balaban J connectivity index is 1.99. The number of hydrogen-bond acceptors (Lipinski definition) is 6. The molecule has 0 radical (unpaired) electrons. The molecule has 0 saturated heterocycles. The van der Waals surface area contributed by atoms with Crippen LogP contribution in [-0.2, 0) is 11.3 Å². The maximum absolute atomic E-state index is 5.05. The van der Waals surface area contributed by atoms with E-state index in [2.05, 4.69) is 25.5 Å². The van der Waals surface area contributed by atoms with Crippen LogP contribution in [-0.4, -0.2) is 38.4 Å². The van der Waals surface area contributed by atoms with Crippen LogP contribution in [0.25, 0.3) is 0 Å². The van der Waals surface area contributed by atoms with Crippen molar-refractivity contribution in [3.63, 3.8) is 0 Å². The van der Waals surface area contributed by atoms with Crippen LogP contribution >= 0.6 is 0 Å². The Labute approximate surface area is 112 Å². The van der Waals surface area contributed by atoms with E-state index >= 15 is 0 Å². The third-order valence-electron chi connectivity index (χ3n) is 2.69. The van der Waals surface area contributed by atoms with Crippen LogP contribution in [0.2, 0.25) is 0 Å². The number of aryl methyl sites for hydroxylation is 1. The summed E-state index contributed by atoms with van der Waals surface area (Å²) in [6, 6.07) is 1.77. The number of ether oxygens (including phenoxy) is 1. The molecule has 2 aromatic heterocycles. The fraction of sp³-hybridized carbons (Fsp3) is 0.500. The van der Waals surface area contributed by atoms with Gasteiger partial charge in [0.15, 0.2) is 5.82 Å². The first-order chi connectivity index (χ1) is 9.31. The topological polar surface area (TPSA) is 77.8 Å². The third kappa shape index (κ3) is 3.72. The zero-order valence-corrected chi connectivity index (χ0v) is 11.2. The van der Waals surface area contributed by atoms with Crippen molar-refractivity contribution in [1.82, 2.24) is 24.7 Å². The molecule has 2 rings (SSSR count). The van der Waals surface area contributed by atoms with Crippen molar-refractivity contribution in [2.24, 2.45) is 0 Å². The predicted molar refractivity (Wildman–Crippen MR) is 70.6 cm³/mol. The fourth-order valence-corrected chi connectivity index (χ4v) is 1.78. The molecule has 7 heteroatoms. The van der Waals surface area contributed by atoms with E-state index in [1.165, 1.54) is 0 Å². The Hall–Kier alpha value is -2.02. The van der Waals surface area contributed by atoms with E-state index in [0.29, 0.717) is 5.95 Å². The molecule has 0 spiro atoms. The van der Waals surface area contributed by atoms with E-state index in [9.17, 15) is 0 Å². The number of nitrogens with one attached hydrogen (secondary N) is 1. The lowest BCUT2D eigenvalue weighted by molar-refractivity contribution is 0.190. The van der Waals surface area contributed by atoms with Gasteiger partial charge in [-0.25, -0.2) is 9.97 Å². The third-order valence-corrected chi connectivity index (χ3v) is 2.69. The van der Waals surface area contributed by atoms with Gasteiger partial charge in [-0.2, -0.15) is 0 Å². The standard InChI is InChI=1S/C12H18N6O/c1-10(16-12-13-5-3-6-14-12)11-17-15-9-18(11)7-4-8-19-2/h3,5-6,9-10H,4,7-8H2,1-2H3,(H,13,14,16)/t10-/m1/s1. The van der Waals surface area contributed by atoms with Crippen LogP contribution in [0.15, 0.2) is 24.8 Å². The first-order valence-electron chi connectivity index (χ1n) is 6.21. The smallest absolute Gasteiger partial charge is 0.223 e. The largest absolute Gasteiger partial charge is 0.385 e. The Kier molecular flexibility index (Phi) is 4.79. The second-order valence-electron chi connectivity index (χ2n) is 4.17. The highest BCUT2D eigenvalue weighted by atomic mass is 16.5. The number of nitrogens with zero attached hydrogens (tertiary/aromatic N) is 5. The van der Waals surface area contributed by atoms with Crippen molar-refractivity contribution < 1.29 is 4.74 Å². The minimum Gasteiger partial charge on any atom is -0.385 e. The van der Waals surface area contributed by atoms with Gasteiger partial charge in [-0.15, -0.1) is 10.2 Å². The van der Waals surface area contributed by atoms with Crippen molar-refractivity contribution in [2.45, 2.75) is 25.9 Å². The molecule has 0 aliphatic rings. The van der Waals surface area contributed by atoms with E-state index in [-0.39, 0.29) is 6.04 Å². The molecule has 1 N–H and O–H groups in total. The summed E-state index contributed by atoms with van der Waals surface area (Å²) in [6.45, 7) is 3.56. The Morgan fingerprint density at radius 2 is 2.16 bits per heavy atom. The lowest BCUT2D eigenvalue weighted by Gasteiger charge is -2.14. The van der Waals surface area contributed by atoms with Gasteiger partial charge in [0, 0.05) is 32.7 Å². The fourth-order valence-electron chi connectivity index (χ4n) is 1.78. The summed E-state index contributed by atoms with van der Waals surface area (Å²) >= 11 is 0. The molecule has 0 aliphatic carbocycles. The first kappa shape index (κ1) is 13.4. The Bertz CT molecular complexity index is 486. The summed E-state index contributed by atoms with van der Waals surface area (Å²) in [5, 5.41) is 11.3. The SMILES string of the molecule is COCCCn1cnnc1[C@@H](C)Nc1ncccn1. The second kappa shape index (κ2) is 6.79. The van der Waals surface area contributed by atoms with Gasteiger partial charge >= 0.3 is 0 Å². The van der Waals surface area contributed by atoms with Gasteiger partial charge in [0.2, 0.25) is 5.95 Å². The maximum atomic E-state index is 5.05. The number of rotatable bonds is 7. The van der Waals surface area contributed by atoms with Gasteiger partial charge in [0.25, 0.3) is 0 Å². The molecule has 0 amide bonds. The number of hydrogen-bond donors (Lipinski definition) is 1. The lowest BCUT2D eigenvalue weighted by atomic mass is 10.3. The predicted octanol–water partition coefficient (Wildman–Crippen LogP) is 1.28. The molecule has 0 aromatic carbocycles. The highest BCUT2D eigenvalue weighted by molar-refractivity contribution is 5.25. The molecule has 0 aliphatic heterocycles. The first-order valence-corrected chi connectivity index (χ1v) is 6.21. The van der Waals surface area contributed by atoms with Gasteiger partial charge < -0.3 is 14.6 Å². The Morgan fingerprint density at radius 1 is 1.37 bits per heavy atom. The van der Waals surface area contributed by atoms with Crippen LogP contribution in [0.4, 0.5) is 5.95 Å². The molecular formula is C12H18N6O. The highest BCUT2D eigenvalue weighted by Crippen LogP contribution is 2.14. The van der Waals surface area contributed by atoms with E-state index in [1.807, 2.05) is 11.5 Å². The normalized spacial score (nSPS) is 12.3. The number of aromatic nitrogens is 5. The molecule has 2 aromatic rings. The zero-order chi connectivity index (χ0) is 13.5. The van der Waals surface area contributed by atoms with Crippen LogP contribution in [0.3, 0.4) is 0 Å². The summed E-state index contributed by atoms with van der Waals surface area (Å²) in [5.74, 6) is 1.45. The van der Waals surface area contributed by atoms with E-state index in [1.54, 1.807) is 31.9 Å². The van der Waals surface area contributed by atoms with E-state index < -0.39 is 0 Å². The van der Waals surface area contributed by atoms with Crippen molar-refractivity contribution in [1.29, 1.82) is 0 Å². The lowest BCUT2D eigenvalue weighted by Crippen LogP contribution is -2.15. The average molecular weight is 262 g/mol. The minimum atomic E-state index is -0.00700. The summed E-state index contributed by atoms with van der Waals surface area (Å²) in [5.41, 5.74) is 0. The van der Waals surface area contributed by atoms with Crippen molar-refractivity contribution in [3.05, 3.63) is 30.6 Å². The number of anilines is 1.